The summed E-state index contributed by atoms with van der Waals surface area (Å²) in [5.41, 5.74) is 1.35. The summed E-state index contributed by atoms with van der Waals surface area (Å²) in [6.45, 7) is 10.8. The maximum Gasteiger partial charge on any atom is 0.0537 e. The molecule has 3 nitrogen and oxygen atoms in total. The van der Waals surface area contributed by atoms with Crippen LogP contribution >= 0.6 is 0 Å². The van der Waals surface area contributed by atoms with Gasteiger partial charge in [0.05, 0.1) is 6.20 Å². The Morgan fingerprint density at radius 2 is 1.83 bits per heavy atom. The molecular weight excluding hydrogens is 222 g/mol. The number of hydrogen-bond acceptors (Lipinski definition) is 2. The summed E-state index contributed by atoms with van der Waals surface area (Å²) in [7, 11) is 0. The average molecular weight is 251 g/mol. The van der Waals surface area contributed by atoms with E-state index in [0.29, 0.717) is 6.04 Å². The first-order chi connectivity index (χ1) is 8.76. The van der Waals surface area contributed by atoms with Gasteiger partial charge >= 0.3 is 0 Å². The molecule has 0 aliphatic carbocycles. The number of rotatable bonds is 9. The lowest BCUT2D eigenvalue weighted by Crippen LogP contribution is -2.28. The van der Waals surface area contributed by atoms with Gasteiger partial charge in [-0.25, -0.2) is 0 Å². The third-order valence-electron chi connectivity index (χ3n) is 3.55. The van der Waals surface area contributed by atoms with Gasteiger partial charge in [0.2, 0.25) is 0 Å². The van der Waals surface area contributed by atoms with E-state index in [1.54, 1.807) is 0 Å². The molecule has 1 aromatic rings. The van der Waals surface area contributed by atoms with Gasteiger partial charge < -0.3 is 5.32 Å². The highest BCUT2D eigenvalue weighted by molar-refractivity contribution is 5.12. The molecule has 0 bridgehead atoms. The number of nitrogens with zero attached hydrogens (tertiary/aromatic N) is 2. The Balaban J connectivity index is 2.83. The summed E-state index contributed by atoms with van der Waals surface area (Å²) in [6, 6.07) is 0.468. The minimum atomic E-state index is 0.468. The molecule has 18 heavy (non-hydrogen) atoms. The molecule has 0 aliphatic heterocycles. The second-order valence-corrected chi connectivity index (χ2v) is 5.00. The van der Waals surface area contributed by atoms with Crippen LogP contribution in [0.3, 0.4) is 0 Å². The Morgan fingerprint density at radius 1 is 1.17 bits per heavy atom. The van der Waals surface area contributed by atoms with E-state index < -0.39 is 0 Å². The Labute approximate surface area is 112 Å². The van der Waals surface area contributed by atoms with Crippen LogP contribution in [-0.4, -0.2) is 16.3 Å². The van der Waals surface area contributed by atoms with Crippen LogP contribution in [0.5, 0.6) is 0 Å². The van der Waals surface area contributed by atoms with Gasteiger partial charge in [0, 0.05) is 24.3 Å². The second-order valence-electron chi connectivity index (χ2n) is 5.00. The smallest absolute Gasteiger partial charge is 0.0537 e. The second kappa shape index (κ2) is 8.30. The van der Waals surface area contributed by atoms with Gasteiger partial charge in [-0.15, -0.1) is 0 Å². The van der Waals surface area contributed by atoms with Crippen LogP contribution in [0.15, 0.2) is 12.4 Å². The standard InChI is InChI=1S/C15H29N3/c1-5-9-13(10-6-2)15(16-7-3)14-11-17-18(8-4)12-14/h11-13,15-16H,5-10H2,1-4H3. The number of aromatic nitrogens is 2. The van der Waals surface area contributed by atoms with E-state index >= 15 is 0 Å². The van der Waals surface area contributed by atoms with Gasteiger partial charge in [-0.05, 0) is 32.2 Å². The zero-order valence-corrected chi connectivity index (χ0v) is 12.4. The lowest BCUT2D eigenvalue weighted by molar-refractivity contribution is 0.320. The highest BCUT2D eigenvalue weighted by Gasteiger charge is 2.22. The fourth-order valence-electron chi connectivity index (χ4n) is 2.71. The van der Waals surface area contributed by atoms with Crippen molar-refractivity contribution in [1.29, 1.82) is 0 Å². The maximum atomic E-state index is 4.42. The largest absolute Gasteiger partial charge is 0.310 e. The Kier molecular flexibility index (Phi) is 7.02. The summed E-state index contributed by atoms with van der Waals surface area (Å²) < 4.78 is 2.02. The molecule has 0 saturated heterocycles. The van der Waals surface area contributed by atoms with Gasteiger partial charge in [0.15, 0.2) is 0 Å². The molecule has 0 fully saturated rings. The van der Waals surface area contributed by atoms with Crippen molar-refractivity contribution >= 4 is 0 Å². The van der Waals surface area contributed by atoms with Crippen molar-refractivity contribution in [2.75, 3.05) is 6.54 Å². The van der Waals surface area contributed by atoms with Crippen molar-refractivity contribution in [1.82, 2.24) is 15.1 Å². The van der Waals surface area contributed by atoms with E-state index in [4.69, 9.17) is 0 Å². The predicted octanol–water partition coefficient (Wildman–Crippen LogP) is 3.77. The topological polar surface area (TPSA) is 29.9 Å². The van der Waals surface area contributed by atoms with Gasteiger partial charge in [-0.1, -0.05) is 33.6 Å². The minimum absolute atomic E-state index is 0.468. The average Bonchev–Trinajstić information content (AvgIpc) is 2.84. The van der Waals surface area contributed by atoms with Crippen LogP contribution in [0.25, 0.3) is 0 Å². The van der Waals surface area contributed by atoms with Crippen molar-refractivity contribution < 1.29 is 0 Å². The Bertz CT molecular complexity index is 313. The van der Waals surface area contributed by atoms with Crippen molar-refractivity contribution in [3.63, 3.8) is 0 Å². The Morgan fingerprint density at radius 3 is 2.28 bits per heavy atom. The van der Waals surface area contributed by atoms with E-state index in [0.717, 1.165) is 19.0 Å². The maximum absolute atomic E-state index is 4.42. The highest BCUT2D eigenvalue weighted by atomic mass is 15.3. The van der Waals surface area contributed by atoms with E-state index in [1.165, 1.54) is 31.2 Å². The normalized spacial score (nSPS) is 13.2. The number of aryl methyl sites for hydroxylation is 1. The summed E-state index contributed by atoms with van der Waals surface area (Å²) in [6.07, 6.45) is 9.34. The first kappa shape index (κ1) is 15.2. The molecule has 1 rings (SSSR count). The van der Waals surface area contributed by atoms with Crippen molar-refractivity contribution in [2.24, 2.45) is 5.92 Å². The molecule has 0 saturated carbocycles. The SMILES string of the molecule is CCCC(CCC)C(NCC)c1cnn(CC)c1. The number of hydrogen-bond donors (Lipinski definition) is 1. The molecule has 1 heterocycles. The van der Waals surface area contributed by atoms with E-state index in [2.05, 4.69) is 44.3 Å². The molecule has 0 aromatic carbocycles. The molecular formula is C15H29N3. The fraction of sp³-hybridized carbons (Fsp3) is 0.800. The fourth-order valence-corrected chi connectivity index (χ4v) is 2.71. The van der Waals surface area contributed by atoms with Crippen LogP contribution < -0.4 is 5.32 Å². The molecule has 104 valence electrons. The lowest BCUT2D eigenvalue weighted by atomic mass is 9.87. The summed E-state index contributed by atoms with van der Waals surface area (Å²) in [4.78, 5) is 0. The molecule has 3 heteroatoms. The summed E-state index contributed by atoms with van der Waals surface area (Å²) >= 11 is 0. The van der Waals surface area contributed by atoms with Crippen LogP contribution in [0, 0.1) is 5.92 Å². The molecule has 0 radical (unpaired) electrons. The van der Waals surface area contributed by atoms with Crippen LogP contribution in [0.4, 0.5) is 0 Å². The zero-order valence-electron chi connectivity index (χ0n) is 12.4. The summed E-state index contributed by atoms with van der Waals surface area (Å²) in [5, 5.41) is 8.07. The molecule has 0 spiro atoms. The van der Waals surface area contributed by atoms with Gasteiger partial charge in [0.1, 0.15) is 0 Å². The van der Waals surface area contributed by atoms with E-state index in [1.807, 2.05) is 10.9 Å². The first-order valence-corrected chi connectivity index (χ1v) is 7.52. The first-order valence-electron chi connectivity index (χ1n) is 7.52. The van der Waals surface area contributed by atoms with Crippen LogP contribution in [-0.2, 0) is 6.54 Å². The van der Waals surface area contributed by atoms with Crippen molar-refractivity contribution in [2.45, 2.75) is 66.0 Å². The molecule has 1 unspecified atom stereocenters. The minimum Gasteiger partial charge on any atom is -0.310 e. The van der Waals surface area contributed by atoms with Crippen LogP contribution in [0.2, 0.25) is 0 Å². The monoisotopic (exact) mass is 251 g/mol. The van der Waals surface area contributed by atoms with E-state index in [9.17, 15) is 0 Å². The molecule has 0 aliphatic rings. The molecule has 0 amide bonds. The van der Waals surface area contributed by atoms with Gasteiger partial charge in [-0.2, -0.15) is 5.10 Å². The highest BCUT2D eigenvalue weighted by Crippen LogP contribution is 2.29. The van der Waals surface area contributed by atoms with Gasteiger partial charge in [-0.3, -0.25) is 4.68 Å². The third-order valence-corrected chi connectivity index (χ3v) is 3.55. The van der Waals surface area contributed by atoms with Gasteiger partial charge in [0.25, 0.3) is 0 Å². The van der Waals surface area contributed by atoms with Crippen molar-refractivity contribution in [3.05, 3.63) is 18.0 Å². The Hall–Kier alpha value is -0.830. The zero-order chi connectivity index (χ0) is 13.4. The molecule has 1 atom stereocenters. The summed E-state index contributed by atoms with van der Waals surface area (Å²) in [5.74, 6) is 0.731. The van der Waals surface area contributed by atoms with Crippen LogP contribution in [0.1, 0.15) is 65.0 Å². The van der Waals surface area contributed by atoms with Crippen molar-refractivity contribution in [3.8, 4) is 0 Å². The molecule has 1 N–H and O–H groups in total. The predicted molar refractivity (Wildman–Crippen MR) is 77.6 cm³/mol. The third kappa shape index (κ3) is 4.13. The lowest BCUT2D eigenvalue weighted by Gasteiger charge is -2.26. The quantitative estimate of drug-likeness (QED) is 0.724. The molecule has 1 aromatic heterocycles. The number of nitrogens with one attached hydrogen (secondary N) is 1. The van der Waals surface area contributed by atoms with E-state index in [-0.39, 0.29) is 0 Å².